The molecule has 112 valence electrons. The Kier molecular flexibility index (Phi) is 11.8. The van der Waals surface area contributed by atoms with Crippen molar-refractivity contribution in [2.45, 2.75) is 18.4 Å². The van der Waals surface area contributed by atoms with Crippen LogP contribution in [0.3, 0.4) is 0 Å². The number of halogens is 1. The van der Waals surface area contributed by atoms with Gasteiger partial charge in [0.2, 0.25) is 0 Å². The molecular weight excluding hydrogens is 290 g/mol. The van der Waals surface area contributed by atoms with E-state index in [2.05, 4.69) is 5.73 Å². The maximum Gasteiger partial charge on any atom is 0.336 e. The van der Waals surface area contributed by atoms with Crippen molar-refractivity contribution < 1.29 is 44.7 Å². The maximum atomic E-state index is 10.3. The fraction of sp³-hybridized carbons (Fsp3) is 0.500. The van der Waals surface area contributed by atoms with Gasteiger partial charge in [0.15, 0.2) is 5.60 Å². The van der Waals surface area contributed by atoms with Crippen LogP contribution < -0.4 is 5.73 Å². The summed E-state index contributed by atoms with van der Waals surface area (Å²) in [6, 6.07) is 0. The monoisotopic (exact) mass is 303 g/mol. The number of aliphatic carboxylic acids is 4. The topological polar surface area (TPSA) is 195 Å². The van der Waals surface area contributed by atoms with Crippen molar-refractivity contribution in [2.24, 2.45) is 5.73 Å². The third-order valence-electron chi connectivity index (χ3n) is 1.46. The molecule has 0 amide bonds. The molecule has 0 fully saturated rings. The molecule has 7 N–H and O–H groups in total. The Morgan fingerprint density at radius 3 is 1.21 bits per heavy atom. The van der Waals surface area contributed by atoms with Crippen LogP contribution in [0.2, 0.25) is 0 Å². The summed E-state index contributed by atoms with van der Waals surface area (Å²) in [5.74, 6) is -5.99. The fourth-order valence-corrected chi connectivity index (χ4v) is 0.714. The van der Waals surface area contributed by atoms with Crippen molar-refractivity contribution in [3.8, 4) is 0 Å². The molecule has 0 aliphatic rings. The molecule has 0 radical (unpaired) electrons. The third-order valence-corrected chi connectivity index (χ3v) is 1.46. The van der Waals surface area contributed by atoms with Gasteiger partial charge in [0.25, 0.3) is 0 Å². The first-order chi connectivity index (χ1) is 8.05. The number of carbonyl (C=O) groups is 4. The highest BCUT2D eigenvalue weighted by atomic mass is 35.5. The van der Waals surface area contributed by atoms with Crippen LogP contribution in [-0.4, -0.2) is 61.6 Å². The van der Waals surface area contributed by atoms with Gasteiger partial charge in [-0.05, 0) is 0 Å². The molecule has 0 spiro atoms. The molecule has 0 bridgehead atoms. The summed E-state index contributed by atoms with van der Waals surface area (Å²) in [4.78, 5) is 39.7. The molecular formula is C8H14ClNO9. The van der Waals surface area contributed by atoms with Gasteiger partial charge in [-0.3, -0.25) is 14.4 Å². The molecule has 19 heavy (non-hydrogen) atoms. The molecule has 0 unspecified atom stereocenters. The Hall–Kier alpha value is -1.91. The lowest BCUT2D eigenvalue weighted by molar-refractivity contribution is -0.170. The summed E-state index contributed by atoms with van der Waals surface area (Å²) in [7, 11) is 0. The Morgan fingerprint density at radius 1 is 0.842 bits per heavy atom. The first-order valence-corrected chi connectivity index (χ1v) is 4.36. The Morgan fingerprint density at radius 2 is 1.11 bits per heavy atom. The first kappa shape index (κ1) is 22.3. The third kappa shape index (κ3) is 12.3. The number of aliphatic hydroxyl groups is 1. The Bertz CT molecular complexity index is 327. The Balaban J connectivity index is -0.000000366. The molecule has 0 rings (SSSR count). The smallest absolute Gasteiger partial charge is 0.336 e. The van der Waals surface area contributed by atoms with E-state index < -0.39 is 42.3 Å². The van der Waals surface area contributed by atoms with E-state index in [1.54, 1.807) is 0 Å². The van der Waals surface area contributed by atoms with E-state index >= 15 is 0 Å². The second-order valence-electron chi connectivity index (χ2n) is 3.08. The zero-order chi connectivity index (χ0) is 14.9. The predicted molar refractivity (Wildman–Crippen MR) is 61.0 cm³/mol. The van der Waals surface area contributed by atoms with Crippen molar-refractivity contribution in [3.63, 3.8) is 0 Å². The van der Waals surface area contributed by atoms with Gasteiger partial charge in [-0.1, -0.05) is 0 Å². The van der Waals surface area contributed by atoms with Gasteiger partial charge in [-0.25, -0.2) is 4.79 Å². The zero-order valence-corrected chi connectivity index (χ0v) is 10.3. The van der Waals surface area contributed by atoms with Crippen LogP contribution in [-0.2, 0) is 19.2 Å². The molecule has 10 nitrogen and oxygen atoms in total. The van der Waals surface area contributed by atoms with E-state index in [1.807, 2.05) is 0 Å². The van der Waals surface area contributed by atoms with E-state index in [0.29, 0.717) is 0 Å². The minimum atomic E-state index is -2.74. The van der Waals surface area contributed by atoms with E-state index in [0.717, 1.165) is 0 Å². The molecule has 0 saturated heterocycles. The van der Waals surface area contributed by atoms with Crippen LogP contribution in [0.5, 0.6) is 0 Å². The molecule has 0 aliphatic carbocycles. The van der Waals surface area contributed by atoms with Gasteiger partial charge in [-0.15, -0.1) is 12.4 Å². The second-order valence-corrected chi connectivity index (χ2v) is 3.08. The number of nitrogens with two attached hydrogens (primary N) is 1. The van der Waals surface area contributed by atoms with Gasteiger partial charge in [0, 0.05) is 0 Å². The van der Waals surface area contributed by atoms with Crippen LogP contribution in [0, 0.1) is 0 Å². The minimum absolute atomic E-state index is 0. The second kappa shape index (κ2) is 10.1. The largest absolute Gasteiger partial charge is 0.481 e. The highest BCUT2D eigenvalue weighted by Crippen LogP contribution is 2.15. The van der Waals surface area contributed by atoms with Crippen LogP contribution in [0.25, 0.3) is 0 Å². The predicted octanol–water partition coefficient (Wildman–Crippen LogP) is -1.80. The van der Waals surface area contributed by atoms with Gasteiger partial charge in [-0.2, -0.15) is 0 Å². The number of rotatable bonds is 6. The van der Waals surface area contributed by atoms with Crippen molar-refractivity contribution >= 4 is 36.3 Å². The van der Waals surface area contributed by atoms with Crippen molar-refractivity contribution in [1.29, 1.82) is 0 Å². The molecule has 0 heterocycles. The van der Waals surface area contributed by atoms with Crippen LogP contribution in [0.4, 0.5) is 0 Å². The highest BCUT2D eigenvalue weighted by Gasteiger charge is 2.40. The van der Waals surface area contributed by atoms with E-state index in [-0.39, 0.29) is 19.0 Å². The van der Waals surface area contributed by atoms with Crippen LogP contribution >= 0.6 is 12.4 Å². The van der Waals surface area contributed by atoms with E-state index in [1.165, 1.54) is 0 Å². The standard InChI is InChI=1S/C6H8O7.C2H5NO2.ClH/c7-3(8)1-6(13,5(11)12)2-4(9)10;3-1-2(4)5;/h13H,1-2H2,(H,7,8)(H,9,10)(H,11,12);1,3H2,(H,4,5);1H. The average molecular weight is 304 g/mol. The summed E-state index contributed by atoms with van der Waals surface area (Å²) in [6.45, 7) is -0.278. The highest BCUT2D eigenvalue weighted by molar-refractivity contribution is 5.88. The van der Waals surface area contributed by atoms with Gasteiger partial charge < -0.3 is 31.3 Å². The van der Waals surface area contributed by atoms with Crippen molar-refractivity contribution in [1.82, 2.24) is 0 Å². The number of carboxylic acid groups (broad SMARTS) is 4. The normalized spacial score (nSPS) is 9.37. The number of hydrogen-bond acceptors (Lipinski definition) is 6. The van der Waals surface area contributed by atoms with Crippen molar-refractivity contribution in [2.75, 3.05) is 6.54 Å². The van der Waals surface area contributed by atoms with Crippen molar-refractivity contribution in [3.05, 3.63) is 0 Å². The van der Waals surface area contributed by atoms with E-state index in [4.69, 9.17) is 25.5 Å². The lowest BCUT2D eigenvalue weighted by Gasteiger charge is -2.18. The summed E-state index contributed by atoms with van der Waals surface area (Å²) < 4.78 is 0. The van der Waals surface area contributed by atoms with Crippen LogP contribution in [0.15, 0.2) is 0 Å². The molecule has 0 aromatic rings. The summed E-state index contributed by atoms with van der Waals surface area (Å²) >= 11 is 0. The summed E-state index contributed by atoms with van der Waals surface area (Å²) in [5, 5.41) is 41.4. The Labute approximate surface area is 112 Å². The summed E-state index contributed by atoms with van der Waals surface area (Å²) in [6.07, 6.45) is -2.29. The quantitative estimate of drug-likeness (QED) is 0.325. The molecule has 0 aromatic carbocycles. The SMILES string of the molecule is Cl.NCC(=O)O.O=C(O)CC(O)(CC(=O)O)C(=O)O. The van der Waals surface area contributed by atoms with Crippen LogP contribution in [0.1, 0.15) is 12.8 Å². The molecule has 0 saturated carbocycles. The average Bonchev–Trinajstić information content (AvgIpc) is 2.15. The molecule has 11 heteroatoms. The van der Waals surface area contributed by atoms with Gasteiger partial charge in [0.1, 0.15) is 0 Å². The minimum Gasteiger partial charge on any atom is -0.481 e. The maximum absolute atomic E-state index is 10.3. The molecule has 0 aliphatic heterocycles. The summed E-state index contributed by atoms with van der Waals surface area (Å²) in [5.41, 5.74) is 1.83. The fourth-order valence-electron chi connectivity index (χ4n) is 0.714. The number of carboxylic acids is 4. The molecule has 0 aromatic heterocycles. The first-order valence-electron chi connectivity index (χ1n) is 4.36. The zero-order valence-electron chi connectivity index (χ0n) is 9.48. The lowest BCUT2D eigenvalue weighted by Crippen LogP contribution is -2.42. The molecule has 0 atom stereocenters. The van der Waals surface area contributed by atoms with Gasteiger partial charge >= 0.3 is 23.9 Å². The van der Waals surface area contributed by atoms with E-state index in [9.17, 15) is 19.2 Å². The lowest BCUT2D eigenvalue weighted by atomic mass is 9.96. The van der Waals surface area contributed by atoms with Gasteiger partial charge in [0.05, 0.1) is 19.4 Å². The number of hydrogen-bond donors (Lipinski definition) is 6.